The predicted octanol–water partition coefficient (Wildman–Crippen LogP) is 4.73. The van der Waals surface area contributed by atoms with Gasteiger partial charge in [-0.2, -0.15) is 0 Å². The molecule has 0 saturated carbocycles. The van der Waals surface area contributed by atoms with Crippen molar-refractivity contribution in [3.05, 3.63) is 59.1 Å². The lowest BCUT2D eigenvalue weighted by atomic mass is 10.2. The van der Waals surface area contributed by atoms with Crippen molar-refractivity contribution < 1.29 is 9.47 Å². The molecule has 1 aliphatic heterocycles. The predicted molar refractivity (Wildman–Crippen MR) is 110 cm³/mol. The molecule has 0 spiro atoms. The second-order valence-corrected chi connectivity index (χ2v) is 7.06. The van der Waals surface area contributed by atoms with Crippen LogP contribution in [0.2, 0.25) is 5.02 Å². The van der Waals surface area contributed by atoms with Crippen LogP contribution in [-0.4, -0.2) is 36.4 Å². The van der Waals surface area contributed by atoms with Crippen LogP contribution in [0.25, 0.3) is 0 Å². The minimum Gasteiger partial charge on any atom is -0.497 e. The van der Waals surface area contributed by atoms with Gasteiger partial charge in [-0.1, -0.05) is 35.9 Å². The van der Waals surface area contributed by atoms with Crippen molar-refractivity contribution in [2.75, 3.05) is 25.6 Å². The molecular weight excluding hydrogens is 368 g/mol. The number of anilines is 1. The Morgan fingerprint density at radius 1 is 1.31 bits per heavy atom. The number of methoxy groups -OCH3 is 1. The number of nitrogens with zero attached hydrogens (tertiary/aromatic N) is 1. The van der Waals surface area contributed by atoms with E-state index in [4.69, 9.17) is 33.3 Å². The fourth-order valence-electron chi connectivity index (χ4n) is 2.99. The van der Waals surface area contributed by atoms with Crippen molar-refractivity contribution in [1.82, 2.24) is 4.90 Å². The molecule has 3 rings (SSSR count). The van der Waals surface area contributed by atoms with Gasteiger partial charge in [-0.25, -0.2) is 0 Å². The molecule has 0 aromatic heterocycles. The molecule has 1 saturated heterocycles. The molecule has 2 aromatic rings. The quantitative estimate of drug-likeness (QED) is 0.721. The Morgan fingerprint density at radius 2 is 2.15 bits per heavy atom. The highest BCUT2D eigenvalue weighted by molar-refractivity contribution is 7.80. The highest BCUT2D eigenvalue weighted by Crippen LogP contribution is 2.22. The summed E-state index contributed by atoms with van der Waals surface area (Å²) in [7, 11) is 1.65. The van der Waals surface area contributed by atoms with Gasteiger partial charge in [-0.15, -0.1) is 0 Å². The standard InChI is InChI=1S/C20H23ClN2O2S/c1-24-17-8-4-7-16(12-17)22-20(26)23(14-18-9-5-11-25-18)13-15-6-2-3-10-19(15)21/h2-4,6-8,10,12,18H,5,9,11,13-14H2,1H3,(H,22,26). The molecule has 0 aliphatic carbocycles. The van der Waals surface area contributed by atoms with E-state index in [1.54, 1.807) is 7.11 Å². The van der Waals surface area contributed by atoms with Gasteiger partial charge in [-0.3, -0.25) is 0 Å². The second kappa shape index (κ2) is 9.21. The Hall–Kier alpha value is -1.82. The Balaban J connectivity index is 1.74. The van der Waals surface area contributed by atoms with E-state index in [2.05, 4.69) is 10.2 Å². The van der Waals surface area contributed by atoms with Crippen LogP contribution in [0.3, 0.4) is 0 Å². The molecule has 1 N–H and O–H groups in total. The van der Waals surface area contributed by atoms with E-state index in [0.717, 1.165) is 48.0 Å². The Labute approximate surface area is 165 Å². The highest BCUT2D eigenvalue weighted by Gasteiger charge is 2.22. The third kappa shape index (κ3) is 5.10. The highest BCUT2D eigenvalue weighted by atomic mass is 35.5. The maximum Gasteiger partial charge on any atom is 0.173 e. The van der Waals surface area contributed by atoms with Crippen LogP contribution in [0, 0.1) is 0 Å². The van der Waals surface area contributed by atoms with Crippen LogP contribution in [0.15, 0.2) is 48.5 Å². The maximum absolute atomic E-state index is 6.35. The topological polar surface area (TPSA) is 33.7 Å². The molecule has 6 heteroatoms. The van der Waals surface area contributed by atoms with Crippen molar-refractivity contribution in [2.45, 2.75) is 25.5 Å². The van der Waals surface area contributed by atoms with Crippen molar-refractivity contribution >= 4 is 34.6 Å². The van der Waals surface area contributed by atoms with Gasteiger partial charge >= 0.3 is 0 Å². The molecular formula is C20H23ClN2O2S. The van der Waals surface area contributed by atoms with E-state index in [9.17, 15) is 0 Å². The summed E-state index contributed by atoms with van der Waals surface area (Å²) < 4.78 is 11.1. The first-order valence-corrected chi connectivity index (χ1v) is 9.49. The van der Waals surface area contributed by atoms with Crippen LogP contribution in [-0.2, 0) is 11.3 Å². The third-order valence-electron chi connectivity index (χ3n) is 4.38. The molecule has 1 heterocycles. The van der Waals surface area contributed by atoms with Gasteiger partial charge in [0.1, 0.15) is 5.75 Å². The average Bonchev–Trinajstić information content (AvgIpc) is 3.16. The fourth-order valence-corrected chi connectivity index (χ4v) is 3.44. The summed E-state index contributed by atoms with van der Waals surface area (Å²) in [6, 6.07) is 15.6. The zero-order chi connectivity index (χ0) is 18.4. The van der Waals surface area contributed by atoms with Crippen LogP contribution >= 0.6 is 23.8 Å². The molecule has 26 heavy (non-hydrogen) atoms. The summed E-state index contributed by atoms with van der Waals surface area (Å²) in [4.78, 5) is 2.12. The van der Waals surface area contributed by atoms with Gasteiger partial charge in [0.25, 0.3) is 0 Å². The number of ether oxygens (including phenoxy) is 2. The molecule has 0 amide bonds. The summed E-state index contributed by atoms with van der Waals surface area (Å²) in [6.07, 6.45) is 2.35. The number of hydrogen-bond donors (Lipinski definition) is 1. The summed E-state index contributed by atoms with van der Waals surface area (Å²) in [5, 5.41) is 4.70. The minimum absolute atomic E-state index is 0.197. The Bertz CT molecular complexity index is 750. The van der Waals surface area contributed by atoms with Gasteiger partial charge in [-0.05, 0) is 48.8 Å². The monoisotopic (exact) mass is 390 g/mol. The molecule has 2 aromatic carbocycles. The number of rotatable bonds is 6. The van der Waals surface area contributed by atoms with Crippen LogP contribution in [0.4, 0.5) is 5.69 Å². The molecule has 4 nitrogen and oxygen atoms in total. The van der Waals surface area contributed by atoms with Crippen molar-refractivity contribution in [3.8, 4) is 5.75 Å². The summed E-state index contributed by atoms with van der Waals surface area (Å²) in [5.41, 5.74) is 1.94. The van der Waals surface area contributed by atoms with E-state index in [1.165, 1.54) is 0 Å². The van der Waals surface area contributed by atoms with E-state index in [1.807, 2.05) is 48.5 Å². The average molecular weight is 391 g/mol. The molecule has 138 valence electrons. The van der Waals surface area contributed by atoms with Gasteiger partial charge in [0, 0.05) is 36.5 Å². The third-order valence-corrected chi connectivity index (χ3v) is 5.10. The van der Waals surface area contributed by atoms with Crippen molar-refractivity contribution in [1.29, 1.82) is 0 Å². The zero-order valence-corrected chi connectivity index (χ0v) is 16.4. The lowest BCUT2D eigenvalue weighted by molar-refractivity contribution is 0.0905. The number of hydrogen-bond acceptors (Lipinski definition) is 3. The van der Waals surface area contributed by atoms with Gasteiger partial charge in [0.15, 0.2) is 5.11 Å². The molecule has 1 atom stereocenters. The summed E-state index contributed by atoms with van der Waals surface area (Å²) >= 11 is 12.0. The summed E-state index contributed by atoms with van der Waals surface area (Å²) in [5.74, 6) is 0.787. The van der Waals surface area contributed by atoms with E-state index < -0.39 is 0 Å². The smallest absolute Gasteiger partial charge is 0.173 e. The second-order valence-electron chi connectivity index (χ2n) is 6.27. The lowest BCUT2D eigenvalue weighted by Gasteiger charge is -2.28. The van der Waals surface area contributed by atoms with Crippen LogP contribution in [0.1, 0.15) is 18.4 Å². The largest absolute Gasteiger partial charge is 0.497 e. The molecule has 1 unspecified atom stereocenters. The van der Waals surface area contributed by atoms with E-state index >= 15 is 0 Å². The van der Waals surface area contributed by atoms with Gasteiger partial charge in [0.05, 0.1) is 13.2 Å². The fraction of sp³-hybridized carbons (Fsp3) is 0.350. The first kappa shape index (κ1) is 19.0. The zero-order valence-electron chi connectivity index (χ0n) is 14.8. The number of halogens is 1. The number of thiocarbonyl (C=S) groups is 1. The first-order valence-electron chi connectivity index (χ1n) is 8.70. The molecule has 1 fully saturated rings. The molecule has 0 radical (unpaired) electrons. The number of nitrogens with one attached hydrogen (secondary N) is 1. The SMILES string of the molecule is COc1cccc(NC(=S)N(Cc2ccccc2Cl)CC2CCCO2)c1. The Morgan fingerprint density at radius 3 is 2.88 bits per heavy atom. The maximum atomic E-state index is 6.35. The lowest BCUT2D eigenvalue weighted by Crippen LogP contribution is -2.39. The van der Waals surface area contributed by atoms with E-state index in [-0.39, 0.29) is 6.10 Å². The van der Waals surface area contributed by atoms with Crippen LogP contribution < -0.4 is 10.1 Å². The Kier molecular flexibility index (Phi) is 6.72. The molecule has 0 bridgehead atoms. The van der Waals surface area contributed by atoms with Crippen molar-refractivity contribution in [3.63, 3.8) is 0 Å². The van der Waals surface area contributed by atoms with Gasteiger partial charge in [0.2, 0.25) is 0 Å². The van der Waals surface area contributed by atoms with Crippen molar-refractivity contribution in [2.24, 2.45) is 0 Å². The molecule has 1 aliphatic rings. The van der Waals surface area contributed by atoms with E-state index in [0.29, 0.717) is 11.7 Å². The summed E-state index contributed by atoms with van der Waals surface area (Å²) in [6.45, 7) is 2.19. The van der Waals surface area contributed by atoms with Gasteiger partial charge < -0.3 is 19.7 Å². The number of benzene rings is 2. The normalized spacial score (nSPS) is 16.3. The van der Waals surface area contributed by atoms with Crippen LogP contribution in [0.5, 0.6) is 5.75 Å². The first-order chi connectivity index (χ1) is 12.7. The minimum atomic E-state index is 0.197.